The van der Waals surface area contributed by atoms with Crippen molar-refractivity contribution in [2.75, 3.05) is 11.4 Å². The number of hydrogen-bond acceptors (Lipinski definition) is 2. The molecule has 0 spiro atoms. The van der Waals surface area contributed by atoms with Gasteiger partial charge < -0.3 is 4.90 Å². The van der Waals surface area contributed by atoms with Gasteiger partial charge in [0.15, 0.2) is 0 Å². The lowest BCUT2D eigenvalue weighted by atomic mass is 9.84. The van der Waals surface area contributed by atoms with Crippen LogP contribution in [0.1, 0.15) is 6.92 Å². The highest BCUT2D eigenvalue weighted by Gasteiger charge is 2.30. The number of rotatable bonds is 5. The second kappa shape index (κ2) is 11.3. The molecule has 236 valence electrons. The molecular formula is C47H33N3. The van der Waals surface area contributed by atoms with Crippen molar-refractivity contribution in [3.05, 3.63) is 170 Å². The second-order valence-electron chi connectivity index (χ2n) is 13.0. The third kappa shape index (κ3) is 4.20. The van der Waals surface area contributed by atoms with E-state index in [2.05, 4.69) is 186 Å². The van der Waals surface area contributed by atoms with Gasteiger partial charge in [-0.25, -0.2) is 4.98 Å². The largest absolute Gasteiger partial charge is 0.338 e. The summed E-state index contributed by atoms with van der Waals surface area (Å²) in [6, 6.07) is 61.5. The molecule has 9 aromatic rings. The van der Waals surface area contributed by atoms with Gasteiger partial charge in [0.05, 0.1) is 28.1 Å². The number of nitrogens with zero attached hydrogens (tertiary/aromatic N) is 3. The van der Waals surface area contributed by atoms with Gasteiger partial charge in [-0.05, 0) is 80.6 Å². The predicted octanol–water partition coefficient (Wildman–Crippen LogP) is 12.5. The van der Waals surface area contributed by atoms with Crippen molar-refractivity contribution >= 4 is 44.0 Å². The van der Waals surface area contributed by atoms with Gasteiger partial charge in [-0.3, -0.25) is 4.57 Å². The summed E-state index contributed by atoms with van der Waals surface area (Å²) in [5, 5.41) is 5.02. The van der Waals surface area contributed by atoms with Crippen LogP contribution in [0.3, 0.4) is 0 Å². The standard InChI is InChI=1S/C47H33N3/c1-2-49-41-26-15-25-40-46(41)50(47(48-40)33-20-10-5-11-21-33)42-27-14-24-35(45(42)49)34-28-29-38-39(30-34)44(32-18-8-4-9-19-32)37-23-13-12-22-36(37)43(38)31-16-6-3-7-17-31/h3-30H,2H2,1H3. The van der Waals surface area contributed by atoms with Crippen LogP contribution in [0.4, 0.5) is 11.4 Å². The average Bonchev–Trinajstić information content (AvgIpc) is 3.59. The Kier molecular flexibility index (Phi) is 6.47. The first-order chi connectivity index (χ1) is 24.8. The summed E-state index contributed by atoms with van der Waals surface area (Å²) >= 11 is 0. The van der Waals surface area contributed by atoms with E-state index in [1.54, 1.807) is 0 Å². The van der Waals surface area contributed by atoms with Gasteiger partial charge in [0.2, 0.25) is 0 Å². The van der Waals surface area contributed by atoms with Gasteiger partial charge in [0.25, 0.3) is 0 Å². The van der Waals surface area contributed by atoms with Crippen LogP contribution in [-0.2, 0) is 0 Å². The van der Waals surface area contributed by atoms with E-state index in [0.29, 0.717) is 0 Å². The van der Waals surface area contributed by atoms with E-state index in [0.717, 1.165) is 34.7 Å². The molecule has 3 heteroatoms. The molecule has 0 amide bonds. The lowest BCUT2D eigenvalue weighted by molar-refractivity contribution is 0.975. The van der Waals surface area contributed by atoms with Crippen molar-refractivity contribution in [2.24, 2.45) is 0 Å². The van der Waals surface area contributed by atoms with Crippen LogP contribution in [0.2, 0.25) is 0 Å². The molecule has 0 aliphatic carbocycles. The molecule has 2 heterocycles. The van der Waals surface area contributed by atoms with Crippen molar-refractivity contribution in [3.8, 4) is 50.5 Å². The molecule has 0 unspecified atom stereocenters. The lowest BCUT2D eigenvalue weighted by Gasteiger charge is -2.34. The predicted molar refractivity (Wildman–Crippen MR) is 211 cm³/mol. The Morgan fingerprint density at radius 2 is 1.02 bits per heavy atom. The highest BCUT2D eigenvalue weighted by molar-refractivity contribution is 6.22. The number of para-hydroxylation sites is 2. The Labute approximate surface area is 291 Å². The molecule has 1 aromatic heterocycles. The molecule has 10 rings (SSSR count). The average molecular weight is 640 g/mol. The van der Waals surface area contributed by atoms with Crippen LogP contribution >= 0.6 is 0 Å². The van der Waals surface area contributed by atoms with E-state index in [1.807, 2.05) is 0 Å². The number of anilines is 2. The smallest absolute Gasteiger partial charge is 0.145 e. The first-order valence-corrected chi connectivity index (χ1v) is 17.4. The van der Waals surface area contributed by atoms with Crippen LogP contribution in [0.15, 0.2) is 170 Å². The molecule has 0 saturated heterocycles. The fourth-order valence-corrected chi connectivity index (χ4v) is 8.20. The first-order valence-electron chi connectivity index (χ1n) is 17.4. The number of aromatic nitrogens is 2. The zero-order valence-electron chi connectivity index (χ0n) is 27.7. The van der Waals surface area contributed by atoms with Crippen molar-refractivity contribution in [1.29, 1.82) is 0 Å². The fraction of sp³-hybridized carbons (Fsp3) is 0.0426. The Morgan fingerprint density at radius 3 is 1.68 bits per heavy atom. The first kappa shape index (κ1) is 28.6. The van der Waals surface area contributed by atoms with Gasteiger partial charge in [0.1, 0.15) is 5.82 Å². The molecule has 0 saturated carbocycles. The minimum Gasteiger partial charge on any atom is -0.338 e. The van der Waals surface area contributed by atoms with Crippen LogP contribution in [0.25, 0.3) is 83.0 Å². The molecule has 0 radical (unpaired) electrons. The van der Waals surface area contributed by atoms with Gasteiger partial charge in [-0.2, -0.15) is 0 Å². The fourth-order valence-electron chi connectivity index (χ4n) is 8.20. The maximum absolute atomic E-state index is 5.21. The molecule has 0 atom stereocenters. The highest BCUT2D eigenvalue weighted by Crippen LogP contribution is 2.50. The summed E-state index contributed by atoms with van der Waals surface area (Å²) in [5.74, 6) is 0.964. The van der Waals surface area contributed by atoms with Crippen molar-refractivity contribution in [2.45, 2.75) is 6.92 Å². The summed E-state index contributed by atoms with van der Waals surface area (Å²) < 4.78 is 2.38. The summed E-state index contributed by atoms with van der Waals surface area (Å²) in [4.78, 5) is 7.69. The van der Waals surface area contributed by atoms with Crippen molar-refractivity contribution in [3.63, 3.8) is 0 Å². The number of hydrogen-bond donors (Lipinski definition) is 0. The number of imidazole rings is 1. The van der Waals surface area contributed by atoms with Crippen LogP contribution in [-0.4, -0.2) is 16.1 Å². The van der Waals surface area contributed by atoms with Gasteiger partial charge in [-0.1, -0.05) is 146 Å². The van der Waals surface area contributed by atoms with Crippen LogP contribution in [0, 0.1) is 0 Å². The Bertz CT molecular complexity index is 2730. The topological polar surface area (TPSA) is 21.1 Å². The molecule has 3 nitrogen and oxygen atoms in total. The SMILES string of the molecule is CCN1c2c(-c3ccc4c(-c5ccccc5)c5ccccc5c(-c5ccccc5)c4c3)cccc2-n2c(-c3ccccc3)nc3cccc1c32. The molecule has 50 heavy (non-hydrogen) atoms. The minimum absolute atomic E-state index is 0.834. The Morgan fingerprint density at radius 1 is 0.460 bits per heavy atom. The second-order valence-corrected chi connectivity index (χ2v) is 13.0. The third-order valence-corrected chi connectivity index (χ3v) is 10.3. The zero-order chi connectivity index (χ0) is 33.2. The maximum Gasteiger partial charge on any atom is 0.145 e. The quantitative estimate of drug-likeness (QED) is 0.175. The zero-order valence-corrected chi connectivity index (χ0v) is 27.7. The normalized spacial score (nSPS) is 12.1. The van der Waals surface area contributed by atoms with Crippen molar-refractivity contribution < 1.29 is 0 Å². The molecule has 0 N–H and O–H groups in total. The van der Waals surface area contributed by atoms with Crippen LogP contribution in [0.5, 0.6) is 0 Å². The van der Waals surface area contributed by atoms with E-state index in [4.69, 9.17) is 4.98 Å². The molecule has 0 bridgehead atoms. The maximum atomic E-state index is 5.21. The third-order valence-electron chi connectivity index (χ3n) is 10.3. The lowest BCUT2D eigenvalue weighted by Crippen LogP contribution is -2.23. The van der Waals surface area contributed by atoms with E-state index in [9.17, 15) is 0 Å². The van der Waals surface area contributed by atoms with Gasteiger partial charge >= 0.3 is 0 Å². The van der Waals surface area contributed by atoms with E-state index >= 15 is 0 Å². The molecular weight excluding hydrogens is 607 g/mol. The summed E-state index contributed by atoms with van der Waals surface area (Å²) in [5.41, 5.74) is 14.2. The monoisotopic (exact) mass is 639 g/mol. The Balaban J connectivity index is 1.29. The van der Waals surface area contributed by atoms with Gasteiger partial charge in [0, 0.05) is 17.7 Å². The summed E-state index contributed by atoms with van der Waals surface area (Å²) in [6.07, 6.45) is 0. The van der Waals surface area contributed by atoms with Crippen molar-refractivity contribution in [1.82, 2.24) is 9.55 Å². The molecule has 0 fully saturated rings. The van der Waals surface area contributed by atoms with Gasteiger partial charge in [-0.15, -0.1) is 0 Å². The Hall–Kier alpha value is -6.45. The minimum atomic E-state index is 0.834. The molecule has 8 aromatic carbocycles. The van der Waals surface area contributed by atoms with Crippen LogP contribution < -0.4 is 4.90 Å². The molecule has 1 aliphatic heterocycles. The highest BCUT2D eigenvalue weighted by atomic mass is 15.2. The molecule has 1 aliphatic rings. The summed E-state index contributed by atoms with van der Waals surface area (Å²) in [6.45, 7) is 3.08. The summed E-state index contributed by atoms with van der Waals surface area (Å²) in [7, 11) is 0. The van der Waals surface area contributed by atoms with E-state index < -0.39 is 0 Å². The number of benzene rings is 8. The van der Waals surface area contributed by atoms with E-state index in [-0.39, 0.29) is 0 Å². The van der Waals surface area contributed by atoms with E-state index in [1.165, 1.54) is 66.3 Å². The number of fused-ring (bicyclic) bond motifs is 4.